The van der Waals surface area contributed by atoms with Crippen LogP contribution in [0.25, 0.3) is 0 Å². The maximum atomic E-state index is 12.6. The van der Waals surface area contributed by atoms with Gasteiger partial charge in [-0.1, -0.05) is 30.3 Å². The first-order valence-corrected chi connectivity index (χ1v) is 10.4. The molecule has 1 saturated heterocycles. The molecule has 0 spiro atoms. The number of nitrogens with zero attached hydrogens (tertiary/aromatic N) is 2. The van der Waals surface area contributed by atoms with Gasteiger partial charge in [-0.05, 0) is 43.5 Å². The summed E-state index contributed by atoms with van der Waals surface area (Å²) in [5.74, 6) is 0.528. The Balaban J connectivity index is 1.27. The summed E-state index contributed by atoms with van der Waals surface area (Å²) >= 11 is 0. The molecule has 1 N–H and O–H groups in total. The molecule has 7 heteroatoms. The molecule has 0 unspecified atom stereocenters. The number of furan rings is 1. The molecule has 1 fully saturated rings. The van der Waals surface area contributed by atoms with Crippen LogP contribution >= 0.6 is 0 Å². The van der Waals surface area contributed by atoms with Crippen LogP contribution in [0.1, 0.15) is 52.3 Å². The lowest BCUT2D eigenvalue weighted by Gasteiger charge is -2.31. The molecule has 0 bridgehead atoms. The number of hydrogen-bond donors (Lipinski definition) is 1. The molecule has 160 valence electrons. The Hall–Kier alpha value is -3.61. The highest BCUT2D eigenvalue weighted by Crippen LogP contribution is 2.20. The van der Waals surface area contributed by atoms with E-state index < -0.39 is 0 Å². The zero-order chi connectivity index (χ0) is 21.6. The van der Waals surface area contributed by atoms with Crippen LogP contribution in [-0.2, 0) is 0 Å². The number of amides is 2. The van der Waals surface area contributed by atoms with E-state index in [1.54, 1.807) is 29.2 Å². The molecule has 2 amide bonds. The van der Waals surface area contributed by atoms with Crippen LogP contribution in [0.2, 0.25) is 0 Å². The number of aromatic nitrogens is 1. The van der Waals surface area contributed by atoms with Crippen molar-refractivity contribution in [1.82, 2.24) is 15.2 Å². The van der Waals surface area contributed by atoms with E-state index in [0.29, 0.717) is 43.1 Å². The van der Waals surface area contributed by atoms with Gasteiger partial charge >= 0.3 is 0 Å². The minimum atomic E-state index is -0.175. The fraction of sp³-hybridized carbons (Fsp3) is 0.292. The Morgan fingerprint density at radius 2 is 1.87 bits per heavy atom. The predicted octanol–water partition coefficient (Wildman–Crippen LogP) is 3.85. The van der Waals surface area contributed by atoms with E-state index >= 15 is 0 Å². The molecule has 7 nitrogen and oxygen atoms in total. The Labute approximate surface area is 181 Å². The lowest BCUT2D eigenvalue weighted by molar-refractivity contribution is 0.0667. The standard InChI is InChI=1S/C24H25N3O4/c1-17(18-6-3-2-4-7-18)31-22-10-9-19(16-25-22)23(28)26-20-11-13-27(14-12-20)24(29)21-8-5-15-30-21/h2-10,15-17,20H,11-14H2,1H3,(H,26,28)/t17-/m0/s1. The first-order chi connectivity index (χ1) is 15.1. The molecular weight excluding hydrogens is 394 g/mol. The van der Waals surface area contributed by atoms with E-state index in [2.05, 4.69) is 10.3 Å². The monoisotopic (exact) mass is 419 g/mol. The first-order valence-electron chi connectivity index (χ1n) is 10.4. The number of piperidine rings is 1. The lowest BCUT2D eigenvalue weighted by Crippen LogP contribution is -2.46. The summed E-state index contributed by atoms with van der Waals surface area (Å²) in [4.78, 5) is 30.9. The Bertz CT molecular complexity index is 995. The summed E-state index contributed by atoms with van der Waals surface area (Å²) in [5.41, 5.74) is 1.54. The van der Waals surface area contributed by atoms with Gasteiger partial charge in [-0.3, -0.25) is 9.59 Å². The summed E-state index contributed by atoms with van der Waals surface area (Å²) < 4.78 is 11.0. The summed E-state index contributed by atoms with van der Waals surface area (Å²) in [6.45, 7) is 3.11. The van der Waals surface area contributed by atoms with Crippen LogP contribution in [0, 0.1) is 0 Å². The predicted molar refractivity (Wildman–Crippen MR) is 115 cm³/mol. The second kappa shape index (κ2) is 9.47. The molecule has 1 aliphatic rings. The van der Waals surface area contributed by atoms with E-state index in [1.165, 1.54) is 12.5 Å². The number of pyridine rings is 1. The number of carbonyl (C=O) groups is 2. The van der Waals surface area contributed by atoms with E-state index in [1.807, 2.05) is 37.3 Å². The molecule has 3 heterocycles. The van der Waals surface area contributed by atoms with Gasteiger partial charge < -0.3 is 19.4 Å². The average Bonchev–Trinajstić information content (AvgIpc) is 3.35. The molecule has 1 aliphatic heterocycles. The van der Waals surface area contributed by atoms with Crippen LogP contribution in [0.15, 0.2) is 71.5 Å². The van der Waals surface area contributed by atoms with Crippen LogP contribution in [0.3, 0.4) is 0 Å². The van der Waals surface area contributed by atoms with Gasteiger partial charge in [0.15, 0.2) is 5.76 Å². The first kappa shape index (κ1) is 20.7. The fourth-order valence-electron chi connectivity index (χ4n) is 3.61. The van der Waals surface area contributed by atoms with Gasteiger partial charge in [0, 0.05) is 31.4 Å². The third-order valence-corrected chi connectivity index (χ3v) is 5.41. The van der Waals surface area contributed by atoms with E-state index in [-0.39, 0.29) is 24.0 Å². The summed E-state index contributed by atoms with van der Waals surface area (Å²) in [5, 5.41) is 3.03. The van der Waals surface area contributed by atoms with Gasteiger partial charge in [0.25, 0.3) is 11.8 Å². The fourth-order valence-corrected chi connectivity index (χ4v) is 3.61. The SMILES string of the molecule is C[C@H](Oc1ccc(C(=O)NC2CCN(C(=O)c3ccco3)CC2)cn1)c1ccccc1. The summed E-state index contributed by atoms with van der Waals surface area (Å²) in [7, 11) is 0. The zero-order valence-electron chi connectivity index (χ0n) is 17.4. The number of likely N-dealkylation sites (tertiary alicyclic amines) is 1. The second-order valence-corrected chi connectivity index (χ2v) is 7.57. The highest BCUT2D eigenvalue weighted by Gasteiger charge is 2.26. The van der Waals surface area contributed by atoms with Crippen LogP contribution in [-0.4, -0.2) is 40.8 Å². The van der Waals surface area contributed by atoms with Crippen molar-refractivity contribution in [3.8, 4) is 5.88 Å². The smallest absolute Gasteiger partial charge is 0.289 e. The number of rotatable bonds is 6. The minimum absolute atomic E-state index is 0.0159. The maximum Gasteiger partial charge on any atom is 0.289 e. The van der Waals surface area contributed by atoms with Crippen molar-refractivity contribution < 1.29 is 18.7 Å². The molecule has 0 aliphatic carbocycles. The van der Waals surface area contributed by atoms with Crippen LogP contribution in [0.5, 0.6) is 5.88 Å². The minimum Gasteiger partial charge on any atom is -0.470 e. The maximum absolute atomic E-state index is 12.6. The Kier molecular flexibility index (Phi) is 6.31. The van der Waals surface area contributed by atoms with Crippen molar-refractivity contribution in [2.45, 2.75) is 31.9 Å². The largest absolute Gasteiger partial charge is 0.470 e. The molecule has 1 aromatic carbocycles. The second-order valence-electron chi connectivity index (χ2n) is 7.57. The van der Waals surface area contributed by atoms with Crippen molar-refractivity contribution in [3.05, 3.63) is 83.9 Å². The van der Waals surface area contributed by atoms with Crippen LogP contribution in [0.4, 0.5) is 0 Å². The molecule has 4 rings (SSSR count). The molecule has 1 atom stereocenters. The lowest BCUT2D eigenvalue weighted by atomic mass is 10.0. The van der Waals surface area contributed by atoms with Crippen molar-refractivity contribution in [1.29, 1.82) is 0 Å². The van der Waals surface area contributed by atoms with E-state index in [0.717, 1.165) is 5.56 Å². The third kappa shape index (κ3) is 5.12. The molecule has 31 heavy (non-hydrogen) atoms. The highest BCUT2D eigenvalue weighted by atomic mass is 16.5. The van der Waals surface area contributed by atoms with Crippen molar-refractivity contribution in [3.63, 3.8) is 0 Å². The number of benzene rings is 1. The average molecular weight is 419 g/mol. The van der Waals surface area contributed by atoms with Gasteiger partial charge in [0.2, 0.25) is 5.88 Å². The molecular formula is C24H25N3O4. The molecule has 3 aromatic rings. The van der Waals surface area contributed by atoms with Crippen molar-refractivity contribution in [2.75, 3.05) is 13.1 Å². The van der Waals surface area contributed by atoms with Crippen LogP contribution < -0.4 is 10.1 Å². The van der Waals surface area contributed by atoms with Gasteiger partial charge in [0.1, 0.15) is 6.10 Å². The van der Waals surface area contributed by atoms with Gasteiger partial charge in [-0.2, -0.15) is 0 Å². The quantitative estimate of drug-likeness (QED) is 0.656. The summed E-state index contributed by atoms with van der Waals surface area (Å²) in [6, 6.07) is 16.7. The topological polar surface area (TPSA) is 84.7 Å². The summed E-state index contributed by atoms with van der Waals surface area (Å²) in [6.07, 6.45) is 4.27. The molecule has 0 radical (unpaired) electrons. The van der Waals surface area contributed by atoms with E-state index in [4.69, 9.17) is 9.15 Å². The van der Waals surface area contributed by atoms with Crippen molar-refractivity contribution in [2.24, 2.45) is 0 Å². The number of nitrogens with one attached hydrogen (secondary N) is 1. The Morgan fingerprint density at radius 1 is 1.10 bits per heavy atom. The number of carbonyl (C=O) groups excluding carboxylic acids is 2. The zero-order valence-corrected chi connectivity index (χ0v) is 17.4. The molecule has 2 aromatic heterocycles. The third-order valence-electron chi connectivity index (χ3n) is 5.41. The number of ether oxygens (including phenoxy) is 1. The van der Waals surface area contributed by atoms with Gasteiger partial charge in [-0.25, -0.2) is 4.98 Å². The molecule has 0 saturated carbocycles. The van der Waals surface area contributed by atoms with Gasteiger partial charge in [0.05, 0.1) is 11.8 Å². The van der Waals surface area contributed by atoms with E-state index in [9.17, 15) is 9.59 Å². The number of hydrogen-bond acceptors (Lipinski definition) is 5. The Morgan fingerprint density at radius 3 is 2.52 bits per heavy atom. The highest BCUT2D eigenvalue weighted by molar-refractivity contribution is 5.94. The van der Waals surface area contributed by atoms with Crippen molar-refractivity contribution >= 4 is 11.8 Å². The normalized spacial score (nSPS) is 15.3. The van der Waals surface area contributed by atoms with Gasteiger partial charge in [-0.15, -0.1) is 0 Å².